The van der Waals surface area contributed by atoms with E-state index >= 15 is 0 Å². The summed E-state index contributed by atoms with van der Waals surface area (Å²) >= 11 is 1.40. The number of anilines is 2. The van der Waals surface area contributed by atoms with Gasteiger partial charge >= 0.3 is 5.97 Å². The summed E-state index contributed by atoms with van der Waals surface area (Å²) in [5, 5.41) is 6.71. The Morgan fingerprint density at radius 2 is 2.03 bits per heavy atom. The van der Waals surface area contributed by atoms with Gasteiger partial charge in [-0.3, -0.25) is 10.2 Å². The first-order chi connectivity index (χ1) is 14.7. The fourth-order valence-corrected chi connectivity index (χ4v) is 4.28. The van der Waals surface area contributed by atoms with Gasteiger partial charge in [-0.25, -0.2) is 4.98 Å². The van der Waals surface area contributed by atoms with Gasteiger partial charge in [0.2, 0.25) is 5.13 Å². The van der Waals surface area contributed by atoms with Crippen molar-refractivity contribution in [1.29, 1.82) is 0 Å². The highest BCUT2D eigenvalue weighted by Gasteiger charge is 2.39. The van der Waals surface area contributed by atoms with Crippen LogP contribution in [-0.2, 0) is 25.4 Å². The Balaban J connectivity index is 1.26. The van der Waals surface area contributed by atoms with E-state index in [0.29, 0.717) is 30.6 Å². The van der Waals surface area contributed by atoms with E-state index in [1.54, 1.807) is 13.1 Å². The lowest BCUT2D eigenvalue weighted by molar-refractivity contribution is -0.169. The minimum atomic E-state index is -0.346. The number of hydrazone groups is 1. The smallest absolute Gasteiger partial charge is 0.311 e. The maximum absolute atomic E-state index is 11.5. The fourth-order valence-electron chi connectivity index (χ4n) is 3.62. The zero-order valence-electron chi connectivity index (χ0n) is 17.0. The average molecular weight is 431 g/mol. The van der Waals surface area contributed by atoms with Gasteiger partial charge in [0.25, 0.3) is 0 Å². The van der Waals surface area contributed by atoms with Gasteiger partial charge in [-0.1, -0.05) is 12.1 Å². The number of thiazole rings is 1. The molecule has 0 aliphatic carbocycles. The second-order valence-corrected chi connectivity index (χ2v) is 8.04. The van der Waals surface area contributed by atoms with Crippen LogP contribution in [0.4, 0.5) is 10.8 Å². The minimum absolute atomic E-state index is 0.174. The Morgan fingerprint density at radius 1 is 1.30 bits per heavy atom. The van der Waals surface area contributed by atoms with E-state index in [2.05, 4.69) is 32.5 Å². The zero-order chi connectivity index (χ0) is 20.8. The highest BCUT2D eigenvalue weighted by molar-refractivity contribution is 7.13. The molecule has 2 aliphatic rings. The number of nitrogens with zero attached hydrogens (tertiary/aromatic N) is 3. The molecule has 2 aliphatic heterocycles. The maximum atomic E-state index is 11.5. The van der Waals surface area contributed by atoms with Crippen molar-refractivity contribution in [3.8, 4) is 0 Å². The van der Waals surface area contributed by atoms with Crippen LogP contribution in [0.15, 0.2) is 34.7 Å². The fraction of sp³-hybridized carbons (Fsp3) is 0.476. The molecule has 0 atom stereocenters. The van der Waals surface area contributed by atoms with Crippen LogP contribution in [0, 0.1) is 0 Å². The third kappa shape index (κ3) is 5.16. The van der Waals surface area contributed by atoms with E-state index in [9.17, 15) is 4.79 Å². The molecule has 1 aromatic heterocycles. The third-order valence-electron chi connectivity index (χ3n) is 5.15. The molecule has 9 heteroatoms. The average Bonchev–Trinajstić information content (AvgIpc) is 3.39. The lowest BCUT2D eigenvalue weighted by Crippen LogP contribution is -2.45. The van der Waals surface area contributed by atoms with E-state index in [1.807, 2.05) is 17.5 Å². The lowest BCUT2D eigenvalue weighted by atomic mass is 10.0. The van der Waals surface area contributed by atoms with Gasteiger partial charge in [0, 0.05) is 37.0 Å². The van der Waals surface area contributed by atoms with Crippen LogP contribution in [-0.4, -0.2) is 55.9 Å². The Morgan fingerprint density at radius 3 is 2.73 bits per heavy atom. The number of rotatable bonds is 7. The molecule has 3 heterocycles. The van der Waals surface area contributed by atoms with Crippen molar-refractivity contribution in [1.82, 2.24) is 4.98 Å². The molecule has 8 nitrogen and oxygen atoms in total. The van der Waals surface area contributed by atoms with Crippen molar-refractivity contribution >= 4 is 34.3 Å². The Kier molecular flexibility index (Phi) is 6.61. The summed E-state index contributed by atoms with van der Waals surface area (Å²) < 4.78 is 16.5. The molecule has 1 spiro atoms. The second-order valence-electron chi connectivity index (χ2n) is 7.18. The first-order valence-corrected chi connectivity index (χ1v) is 11.1. The van der Waals surface area contributed by atoms with E-state index in [1.165, 1.54) is 17.0 Å². The van der Waals surface area contributed by atoms with Gasteiger partial charge in [0.1, 0.15) is 0 Å². The maximum Gasteiger partial charge on any atom is 0.311 e. The van der Waals surface area contributed by atoms with E-state index in [-0.39, 0.29) is 18.2 Å². The number of esters is 1. The molecule has 2 fully saturated rings. The molecule has 0 radical (unpaired) electrons. The first-order valence-electron chi connectivity index (χ1n) is 10.2. The molecule has 4 rings (SSSR count). The summed E-state index contributed by atoms with van der Waals surface area (Å²) in [5.41, 5.74) is 5.77. The molecule has 160 valence electrons. The number of ether oxygens (including phenoxy) is 3. The van der Waals surface area contributed by atoms with Gasteiger partial charge in [0.05, 0.1) is 38.1 Å². The summed E-state index contributed by atoms with van der Waals surface area (Å²) in [6.45, 7) is 5.42. The lowest BCUT2D eigenvalue weighted by Gasteiger charge is -2.38. The SMILES string of the molecule is CCOC(=O)Cc1csc(NN=Cc2ccc(N3CCC4(CC3)OCCO4)cc2)n1. The van der Waals surface area contributed by atoms with Crippen LogP contribution in [0.5, 0.6) is 0 Å². The monoisotopic (exact) mass is 430 g/mol. The van der Waals surface area contributed by atoms with Gasteiger partial charge in [-0.2, -0.15) is 5.10 Å². The summed E-state index contributed by atoms with van der Waals surface area (Å²) in [4.78, 5) is 18.2. The number of hydrogen-bond donors (Lipinski definition) is 1. The molecule has 2 saturated heterocycles. The van der Waals surface area contributed by atoms with Crippen LogP contribution in [0.3, 0.4) is 0 Å². The molecular formula is C21H26N4O4S. The number of nitrogens with one attached hydrogen (secondary N) is 1. The van der Waals surface area contributed by atoms with Crippen molar-refractivity contribution in [3.05, 3.63) is 40.9 Å². The van der Waals surface area contributed by atoms with Crippen molar-refractivity contribution in [2.45, 2.75) is 32.0 Å². The number of carbonyl (C=O) groups is 1. The van der Waals surface area contributed by atoms with Crippen LogP contribution in [0.25, 0.3) is 0 Å². The normalized spacial score (nSPS) is 18.2. The molecule has 0 saturated carbocycles. The van der Waals surface area contributed by atoms with Crippen molar-refractivity contribution in [3.63, 3.8) is 0 Å². The summed E-state index contributed by atoms with van der Waals surface area (Å²) in [6.07, 6.45) is 3.72. The molecule has 2 aromatic rings. The predicted molar refractivity (Wildman–Crippen MR) is 116 cm³/mol. The quantitative estimate of drug-likeness (QED) is 0.410. The summed E-state index contributed by atoms with van der Waals surface area (Å²) in [7, 11) is 0. The predicted octanol–water partition coefficient (Wildman–Crippen LogP) is 3.04. The zero-order valence-corrected chi connectivity index (χ0v) is 17.8. The highest BCUT2D eigenvalue weighted by Crippen LogP contribution is 2.33. The molecule has 0 unspecified atom stereocenters. The van der Waals surface area contributed by atoms with Gasteiger partial charge in [-0.15, -0.1) is 11.3 Å². The van der Waals surface area contributed by atoms with Gasteiger partial charge < -0.3 is 19.1 Å². The molecule has 0 bridgehead atoms. The molecule has 0 amide bonds. The minimum Gasteiger partial charge on any atom is -0.466 e. The van der Waals surface area contributed by atoms with Crippen LogP contribution < -0.4 is 10.3 Å². The standard InChI is InChI=1S/C21H26N4O4S/c1-2-27-19(26)13-17-15-30-20(23-17)24-22-14-16-3-5-18(6-4-16)25-9-7-21(8-10-25)28-11-12-29-21/h3-6,14-15H,2,7-13H2,1H3,(H,23,24). The van der Waals surface area contributed by atoms with Gasteiger partial charge in [-0.05, 0) is 24.6 Å². The number of hydrogen-bond acceptors (Lipinski definition) is 9. The van der Waals surface area contributed by atoms with Crippen molar-refractivity contribution in [2.75, 3.05) is 43.2 Å². The number of aromatic nitrogens is 1. The third-order valence-corrected chi connectivity index (χ3v) is 5.95. The molecule has 1 N–H and O–H groups in total. The van der Waals surface area contributed by atoms with E-state index in [0.717, 1.165) is 31.5 Å². The van der Waals surface area contributed by atoms with Crippen molar-refractivity contribution < 1.29 is 19.0 Å². The Hall–Kier alpha value is -2.49. The topological polar surface area (TPSA) is 85.3 Å². The molecular weight excluding hydrogens is 404 g/mol. The second kappa shape index (κ2) is 9.55. The van der Waals surface area contributed by atoms with E-state index in [4.69, 9.17) is 14.2 Å². The number of carbonyl (C=O) groups excluding carboxylic acids is 1. The van der Waals surface area contributed by atoms with Gasteiger partial charge in [0.15, 0.2) is 5.79 Å². The van der Waals surface area contributed by atoms with Crippen molar-refractivity contribution in [2.24, 2.45) is 5.10 Å². The first kappa shape index (κ1) is 20.8. The summed E-state index contributed by atoms with van der Waals surface area (Å²) in [6, 6.07) is 8.30. The van der Waals surface area contributed by atoms with Crippen LogP contribution >= 0.6 is 11.3 Å². The van der Waals surface area contributed by atoms with E-state index < -0.39 is 0 Å². The Labute approximate surface area is 179 Å². The molecule has 30 heavy (non-hydrogen) atoms. The van der Waals surface area contributed by atoms with Crippen LogP contribution in [0.2, 0.25) is 0 Å². The number of benzene rings is 1. The highest BCUT2D eigenvalue weighted by atomic mass is 32.1. The molecule has 1 aromatic carbocycles. The Bertz CT molecular complexity index is 867. The van der Waals surface area contributed by atoms with Crippen LogP contribution in [0.1, 0.15) is 31.0 Å². The largest absolute Gasteiger partial charge is 0.466 e. The number of piperidine rings is 1. The summed E-state index contributed by atoms with van der Waals surface area (Å²) in [5.74, 6) is -0.620.